The van der Waals surface area contributed by atoms with Crippen molar-refractivity contribution in [2.45, 2.75) is 25.3 Å². The van der Waals surface area contributed by atoms with Gasteiger partial charge >= 0.3 is 0 Å². The third-order valence-corrected chi connectivity index (χ3v) is 5.48. The molecule has 3 rings (SSSR count). The summed E-state index contributed by atoms with van der Waals surface area (Å²) < 4.78 is 18.7. The third-order valence-electron chi connectivity index (χ3n) is 4.23. The molecule has 2 aromatic rings. The summed E-state index contributed by atoms with van der Waals surface area (Å²) >= 11 is 7.78. The molecule has 1 aliphatic heterocycles. The molecule has 0 atom stereocenters. The molecule has 0 aliphatic carbocycles. The van der Waals surface area contributed by atoms with Gasteiger partial charge in [0.05, 0.1) is 10.6 Å². The van der Waals surface area contributed by atoms with Gasteiger partial charge in [-0.2, -0.15) is 0 Å². The number of hydrogen-bond acceptors (Lipinski definition) is 3. The Balaban J connectivity index is 1.80. The molecule has 0 saturated carbocycles. The Morgan fingerprint density at radius 2 is 2.12 bits per heavy atom. The van der Waals surface area contributed by atoms with Crippen molar-refractivity contribution in [3.8, 4) is 0 Å². The van der Waals surface area contributed by atoms with Crippen molar-refractivity contribution in [1.82, 2.24) is 4.90 Å². The number of carbonyl (C=O) groups excluding carboxylic acids is 1. The summed E-state index contributed by atoms with van der Waals surface area (Å²) in [5.41, 5.74) is 0.357. The van der Waals surface area contributed by atoms with Gasteiger partial charge in [0.2, 0.25) is 0 Å². The molecule has 1 fully saturated rings. The van der Waals surface area contributed by atoms with E-state index in [9.17, 15) is 9.18 Å². The Morgan fingerprint density at radius 1 is 1.33 bits per heavy atom. The van der Waals surface area contributed by atoms with Gasteiger partial charge in [0.15, 0.2) is 0 Å². The predicted octanol–water partition coefficient (Wildman–Crippen LogP) is 4.40. The number of nitrogens with zero attached hydrogens (tertiary/aromatic N) is 1. The van der Waals surface area contributed by atoms with Crippen LogP contribution < -0.4 is 0 Å². The van der Waals surface area contributed by atoms with E-state index in [1.165, 1.54) is 23.1 Å². The fourth-order valence-electron chi connectivity index (χ4n) is 2.95. The van der Waals surface area contributed by atoms with Crippen molar-refractivity contribution < 1.29 is 13.9 Å². The van der Waals surface area contributed by atoms with Crippen molar-refractivity contribution in [2.24, 2.45) is 0 Å². The van der Waals surface area contributed by atoms with Crippen molar-refractivity contribution in [2.75, 3.05) is 19.8 Å². The molecule has 128 valence electrons. The van der Waals surface area contributed by atoms with E-state index in [4.69, 9.17) is 16.3 Å². The van der Waals surface area contributed by atoms with Crippen LogP contribution in [0.3, 0.4) is 0 Å². The third kappa shape index (κ3) is 4.15. The van der Waals surface area contributed by atoms with Crippen LogP contribution in [-0.4, -0.2) is 36.6 Å². The molecule has 0 bridgehead atoms. The minimum absolute atomic E-state index is 0.132. The predicted molar refractivity (Wildman–Crippen MR) is 94.3 cm³/mol. The maximum atomic E-state index is 13.3. The number of ether oxygens (including phenoxy) is 1. The van der Waals surface area contributed by atoms with Crippen LogP contribution in [-0.2, 0) is 11.2 Å². The van der Waals surface area contributed by atoms with E-state index in [2.05, 4.69) is 6.07 Å². The maximum absolute atomic E-state index is 13.3. The molecule has 1 aromatic heterocycles. The van der Waals surface area contributed by atoms with Gasteiger partial charge < -0.3 is 9.64 Å². The molecule has 6 heteroatoms. The first-order valence-electron chi connectivity index (χ1n) is 8.01. The molecule has 0 radical (unpaired) electrons. The van der Waals surface area contributed by atoms with E-state index < -0.39 is 5.82 Å². The number of halogens is 2. The largest absolute Gasteiger partial charge is 0.381 e. The zero-order valence-electron chi connectivity index (χ0n) is 13.2. The lowest BCUT2D eigenvalue weighted by Crippen LogP contribution is -2.44. The molecule has 1 amide bonds. The molecule has 1 saturated heterocycles. The van der Waals surface area contributed by atoms with E-state index in [0.717, 1.165) is 19.3 Å². The van der Waals surface area contributed by atoms with E-state index in [-0.39, 0.29) is 17.0 Å². The molecular weight excluding hydrogens is 349 g/mol. The van der Waals surface area contributed by atoms with Crippen molar-refractivity contribution in [1.29, 1.82) is 0 Å². The summed E-state index contributed by atoms with van der Waals surface area (Å²) in [5.74, 6) is -0.573. The Kier molecular flexibility index (Phi) is 5.87. The summed E-state index contributed by atoms with van der Waals surface area (Å²) in [7, 11) is 0. The molecule has 0 spiro atoms. The lowest BCUT2D eigenvalue weighted by Gasteiger charge is -2.34. The van der Waals surface area contributed by atoms with Crippen LogP contribution in [0.15, 0.2) is 35.7 Å². The van der Waals surface area contributed by atoms with Gasteiger partial charge in [-0.3, -0.25) is 4.79 Å². The van der Waals surface area contributed by atoms with Crippen LogP contribution >= 0.6 is 22.9 Å². The normalized spacial score (nSPS) is 15.4. The number of thiophene rings is 1. The summed E-state index contributed by atoms with van der Waals surface area (Å²) in [6, 6.07) is 8.15. The minimum atomic E-state index is -0.437. The standard InChI is InChI=1S/C18H19ClFNO2S/c19-17-12-13(20)3-4-16(17)18(22)21(14-6-9-23-10-7-14)8-5-15-2-1-11-24-15/h1-4,11-12,14H,5-10H2. The second-order valence-corrected chi connectivity index (χ2v) is 7.24. The van der Waals surface area contributed by atoms with Gasteiger partial charge in [-0.25, -0.2) is 4.39 Å². The van der Waals surface area contributed by atoms with Gasteiger partial charge in [0.25, 0.3) is 5.91 Å². The first-order chi connectivity index (χ1) is 11.6. The topological polar surface area (TPSA) is 29.5 Å². The Morgan fingerprint density at radius 3 is 2.79 bits per heavy atom. The monoisotopic (exact) mass is 367 g/mol. The second kappa shape index (κ2) is 8.10. The lowest BCUT2D eigenvalue weighted by molar-refractivity contribution is 0.0294. The quantitative estimate of drug-likeness (QED) is 0.783. The lowest BCUT2D eigenvalue weighted by atomic mass is 10.0. The van der Waals surface area contributed by atoms with Crippen molar-refractivity contribution in [3.05, 3.63) is 57.0 Å². The highest BCUT2D eigenvalue weighted by Gasteiger charge is 2.27. The van der Waals surface area contributed by atoms with Crippen molar-refractivity contribution >= 4 is 28.8 Å². The molecule has 2 heterocycles. The Labute approximate surface area is 150 Å². The van der Waals surface area contributed by atoms with E-state index in [1.807, 2.05) is 16.3 Å². The molecule has 1 aliphatic rings. The van der Waals surface area contributed by atoms with E-state index >= 15 is 0 Å². The second-order valence-electron chi connectivity index (χ2n) is 5.80. The van der Waals surface area contributed by atoms with Crippen molar-refractivity contribution in [3.63, 3.8) is 0 Å². The van der Waals surface area contributed by atoms with Crippen LogP contribution in [0.2, 0.25) is 5.02 Å². The highest BCUT2D eigenvalue weighted by atomic mass is 35.5. The average Bonchev–Trinajstić information content (AvgIpc) is 3.09. The summed E-state index contributed by atoms with van der Waals surface area (Å²) in [4.78, 5) is 16.1. The van der Waals surface area contributed by atoms with Crippen LogP contribution in [0.25, 0.3) is 0 Å². The maximum Gasteiger partial charge on any atom is 0.255 e. The molecule has 24 heavy (non-hydrogen) atoms. The van der Waals surface area contributed by atoms with E-state index in [0.29, 0.717) is 25.3 Å². The van der Waals surface area contributed by atoms with Crippen LogP contribution in [0.5, 0.6) is 0 Å². The number of benzene rings is 1. The fourth-order valence-corrected chi connectivity index (χ4v) is 3.90. The van der Waals surface area contributed by atoms with Gasteiger partial charge in [-0.05, 0) is 48.9 Å². The first-order valence-corrected chi connectivity index (χ1v) is 9.27. The molecule has 0 unspecified atom stereocenters. The molecule has 0 N–H and O–H groups in total. The highest BCUT2D eigenvalue weighted by molar-refractivity contribution is 7.09. The van der Waals surface area contributed by atoms with E-state index in [1.54, 1.807) is 11.3 Å². The Hall–Kier alpha value is -1.43. The minimum Gasteiger partial charge on any atom is -0.381 e. The average molecular weight is 368 g/mol. The molecule has 3 nitrogen and oxygen atoms in total. The highest BCUT2D eigenvalue weighted by Crippen LogP contribution is 2.24. The fraction of sp³-hybridized carbons (Fsp3) is 0.389. The first kappa shape index (κ1) is 17.4. The molecular formula is C18H19ClFNO2S. The molecule has 1 aromatic carbocycles. The van der Waals surface area contributed by atoms with Gasteiger partial charge in [-0.15, -0.1) is 11.3 Å². The summed E-state index contributed by atoms with van der Waals surface area (Å²) in [6.07, 6.45) is 2.43. The zero-order chi connectivity index (χ0) is 16.9. The van der Waals surface area contributed by atoms with Gasteiger partial charge in [-0.1, -0.05) is 17.7 Å². The van der Waals surface area contributed by atoms with Crippen LogP contribution in [0, 0.1) is 5.82 Å². The smallest absolute Gasteiger partial charge is 0.255 e. The number of hydrogen-bond donors (Lipinski definition) is 0. The zero-order valence-corrected chi connectivity index (χ0v) is 14.8. The summed E-state index contributed by atoms with van der Waals surface area (Å²) in [5, 5.41) is 2.19. The Bertz CT molecular complexity index is 686. The van der Waals surface area contributed by atoms with Gasteiger partial charge in [0, 0.05) is 30.7 Å². The van der Waals surface area contributed by atoms with Gasteiger partial charge in [0.1, 0.15) is 5.82 Å². The van der Waals surface area contributed by atoms with Crippen LogP contribution in [0.1, 0.15) is 28.1 Å². The SMILES string of the molecule is O=C(c1ccc(F)cc1Cl)N(CCc1cccs1)C1CCOCC1. The number of carbonyl (C=O) groups is 1. The summed E-state index contributed by atoms with van der Waals surface area (Å²) in [6.45, 7) is 1.94. The van der Waals surface area contributed by atoms with Crippen LogP contribution in [0.4, 0.5) is 4.39 Å². The number of rotatable bonds is 5. The number of amides is 1.